The van der Waals surface area contributed by atoms with Crippen LogP contribution in [-0.4, -0.2) is 43.0 Å². The first kappa shape index (κ1) is 24.1. The van der Waals surface area contributed by atoms with E-state index in [4.69, 9.17) is 5.73 Å². The largest absolute Gasteiger partial charge is 0.399 e. The Kier molecular flexibility index (Phi) is 7.50. The summed E-state index contributed by atoms with van der Waals surface area (Å²) in [7, 11) is 0. The summed E-state index contributed by atoms with van der Waals surface area (Å²) in [4.78, 5) is 29.8. The van der Waals surface area contributed by atoms with E-state index in [1.54, 1.807) is 29.2 Å². The minimum atomic E-state index is -0.319. The molecule has 1 heterocycles. The predicted molar refractivity (Wildman–Crippen MR) is 137 cm³/mol. The summed E-state index contributed by atoms with van der Waals surface area (Å²) < 4.78 is 13.2. The van der Waals surface area contributed by atoms with Gasteiger partial charge in [-0.05, 0) is 61.4 Å². The molecule has 0 aliphatic carbocycles. The van der Waals surface area contributed by atoms with Crippen molar-refractivity contribution in [2.45, 2.75) is 19.9 Å². The number of nitrogens with one attached hydrogen (secondary N) is 2. The number of nitrogens with two attached hydrogens (primary N) is 1. The second-order valence-electron chi connectivity index (χ2n) is 8.71. The Hall–Kier alpha value is -4.07. The molecule has 1 aliphatic heterocycles. The van der Waals surface area contributed by atoms with E-state index >= 15 is 0 Å². The molecule has 4 N–H and O–H groups in total. The second-order valence-corrected chi connectivity index (χ2v) is 8.71. The SMILES string of the molecule is Cc1ccc(NC(=O)N2CCCN(c3ccc(N)cc3C(=O)NCc3ccc(F)cc3)CC2)cc1. The van der Waals surface area contributed by atoms with Gasteiger partial charge in [-0.15, -0.1) is 0 Å². The van der Waals surface area contributed by atoms with Gasteiger partial charge in [0.1, 0.15) is 5.82 Å². The van der Waals surface area contributed by atoms with E-state index in [-0.39, 0.29) is 24.3 Å². The molecule has 0 saturated carbocycles. The molecule has 0 radical (unpaired) electrons. The Bertz CT molecular complexity index is 1180. The number of aryl methyl sites for hydroxylation is 1. The normalized spacial score (nSPS) is 13.8. The van der Waals surface area contributed by atoms with Gasteiger partial charge in [-0.3, -0.25) is 4.79 Å². The van der Waals surface area contributed by atoms with Crippen molar-refractivity contribution in [1.29, 1.82) is 0 Å². The van der Waals surface area contributed by atoms with E-state index in [1.807, 2.05) is 37.3 Å². The van der Waals surface area contributed by atoms with Gasteiger partial charge in [0.2, 0.25) is 0 Å². The van der Waals surface area contributed by atoms with Crippen molar-refractivity contribution in [1.82, 2.24) is 10.2 Å². The van der Waals surface area contributed by atoms with Gasteiger partial charge in [0.05, 0.1) is 5.56 Å². The molecule has 35 heavy (non-hydrogen) atoms. The minimum Gasteiger partial charge on any atom is -0.399 e. The molecule has 7 nitrogen and oxygen atoms in total. The van der Waals surface area contributed by atoms with Crippen molar-refractivity contribution >= 4 is 29.0 Å². The number of hydrogen-bond donors (Lipinski definition) is 3. The zero-order valence-corrected chi connectivity index (χ0v) is 19.8. The molecule has 0 atom stereocenters. The summed E-state index contributed by atoms with van der Waals surface area (Å²) in [6.07, 6.45) is 0.766. The van der Waals surface area contributed by atoms with Crippen LogP contribution in [0.15, 0.2) is 66.7 Å². The van der Waals surface area contributed by atoms with Crippen LogP contribution < -0.4 is 21.3 Å². The van der Waals surface area contributed by atoms with Crippen LogP contribution in [0.5, 0.6) is 0 Å². The van der Waals surface area contributed by atoms with Crippen molar-refractivity contribution in [2.75, 3.05) is 42.1 Å². The number of anilines is 3. The summed E-state index contributed by atoms with van der Waals surface area (Å²) in [5, 5.41) is 5.86. The van der Waals surface area contributed by atoms with Gasteiger partial charge in [0, 0.05) is 49.8 Å². The zero-order chi connectivity index (χ0) is 24.8. The number of carbonyl (C=O) groups is 2. The van der Waals surface area contributed by atoms with Gasteiger partial charge < -0.3 is 26.2 Å². The first-order chi connectivity index (χ1) is 16.9. The summed E-state index contributed by atoms with van der Waals surface area (Å²) in [5.41, 5.74) is 10.4. The number of halogens is 1. The fraction of sp³-hybridized carbons (Fsp3) is 0.259. The van der Waals surface area contributed by atoms with Crippen molar-refractivity contribution in [2.24, 2.45) is 0 Å². The highest BCUT2D eigenvalue weighted by Gasteiger charge is 2.23. The number of benzene rings is 3. The van der Waals surface area contributed by atoms with E-state index in [2.05, 4.69) is 15.5 Å². The minimum absolute atomic E-state index is 0.134. The topological polar surface area (TPSA) is 90.7 Å². The van der Waals surface area contributed by atoms with Crippen LogP contribution >= 0.6 is 0 Å². The first-order valence-corrected chi connectivity index (χ1v) is 11.7. The number of amides is 3. The third-order valence-corrected chi connectivity index (χ3v) is 6.06. The maximum absolute atomic E-state index is 13.2. The molecule has 1 saturated heterocycles. The van der Waals surface area contributed by atoms with E-state index in [0.717, 1.165) is 28.9 Å². The van der Waals surface area contributed by atoms with Crippen LogP contribution in [-0.2, 0) is 6.54 Å². The van der Waals surface area contributed by atoms with Crippen LogP contribution in [0.2, 0.25) is 0 Å². The fourth-order valence-electron chi connectivity index (χ4n) is 4.09. The first-order valence-electron chi connectivity index (χ1n) is 11.7. The smallest absolute Gasteiger partial charge is 0.321 e. The number of carbonyl (C=O) groups excluding carboxylic acids is 2. The van der Waals surface area contributed by atoms with Crippen LogP contribution in [0, 0.1) is 12.7 Å². The van der Waals surface area contributed by atoms with E-state index in [1.165, 1.54) is 12.1 Å². The Balaban J connectivity index is 1.42. The van der Waals surface area contributed by atoms with Gasteiger partial charge >= 0.3 is 6.03 Å². The lowest BCUT2D eigenvalue weighted by atomic mass is 10.1. The molecule has 1 aliphatic rings. The fourth-order valence-corrected chi connectivity index (χ4v) is 4.09. The number of nitrogen functional groups attached to an aromatic ring is 1. The van der Waals surface area contributed by atoms with Crippen molar-refractivity contribution in [3.8, 4) is 0 Å². The third kappa shape index (κ3) is 6.29. The van der Waals surface area contributed by atoms with Crippen molar-refractivity contribution < 1.29 is 14.0 Å². The zero-order valence-electron chi connectivity index (χ0n) is 19.8. The lowest BCUT2D eigenvalue weighted by molar-refractivity contribution is 0.0951. The van der Waals surface area contributed by atoms with Gasteiger partial charge in [-0.1, -0.05) is 29.8 Å². The maximum Gasteiger partial charge on any atom is 0.321 e. The molecule has 3 aromatic rings. The number of urea groups is 1. The third-order valence-electron chi connectivity index (χ3n) is 6.06. The predicted octanol–water partition coefficient (Wildman–Crippen LogP) is 4.39. The van der Waals surface area contributed by atoms with E-state index in [9.17, 15) is 14.0 Å². The summed E-state index contributed by atoms with van der Waals surface area (Å²) in [5.74, 6) is -0.573. The molecule has 1 fully saturated rings. The Morgan fingerprint density at radius 1 is 0.943 bits per heavy atom. The molecule has 3 amide bonds. The molecular weight excluding hydrogens is 445 g/mol. The molecule has 0 unspecified atom stereocenters. The second kappa shape index (κ2) is 10.9. The molecule has 3 aromatic carbocycles. The lowest BCUT2D eigenvalue weighted by Gasteiger charge is -2.26. The van der Waals surface area contributed by atoms with Crippen LogP contribution in [0.1, 0.15) is 27.9 Å². The van der Waals surface area contributed by atoms with Gasteiger partial charge in [0.15, 0.2) is 0 Å². The molecule has 4 rings (SSSR count). The standard InChI is InChI=1S/C27H30FN5O2/c1-19-3-10-23(11-4-19)31-27(35)33-14-2-13-32(15-16-33)25-12-9-22(29)17-24(25)26(34)30-18-20-5-7-21(28)8-6-20/h3-12,17H,2,13-16,18,29H2,1H3,(H,30,34)(H,31,35). The summed E-state index contributed by atoms with van der Waals surface area (Å²) in [6, 6.07) is 18.9. The lowest BCUT2D eigenvalue weighted by Crippen LogP contribution is -2.38. The quantitative estimate of drug-likeness (QED) is 0.478. The monoisotopic (exact) mass is 475 g/mol. The van der Waals surface area contributed by atoms with E-state index < -0.39 is 0 Å². The number of hydrogen-bond acceptors (Lipinski definition) is 4. The van der Waals surface area contributed by atoms with Crippen molar-refractivity contribution in [3.05, 3.63) is 89.2 Å². The average molecular weight is 476 g/mol. The Morgan fingerprint density at radius 3 is 2.43 bits per heavy atom. The molecule has 0 aromatic heterocycles. The van der Waals surface area contributed by atoms with Crippen LogP contribution in [0.3, 0.4) is 0 Å². The van der Waals surface area contributed by atoms with Crippen molar-refractivity contribution in [3.63, 3.8) is 0 Å². The maximum atomic E-state index is 13.2. The van der Waals surface area contributed by atoms with Gasteiger partial charge in [-0.25, -0.2) is 9.18 Å². The molecule has 8 heteroatoms. The molecule has 0 bridgehead atoms. The highest BCUT2D eigenvalue weighted by atomic mass is 19.1. The van der Waals surface area contributed by atoms with E-state index in [0.29, 0.717) is 37.4 Å². The van der Waals surface area contributed by atoms with Crippen LogP contribution in [0.4, 0.5) is 26.2 Å². The number of nitrogens with zero attached hydrogens (tertiary/aromatic N) is 2. The van der Waals surface area contributed by atoms with Crippen LogP contribution in [0.25, 0.3) is 0 Å². The Labute approximate surface area is 204 Å². The molecule has 0 spiro atoms. The van der Waals surface area contributed by atoms with Gasteiger partial charge in [0.25, 0.3) is 5.91 Å². The highest BCUT2D eigenvalue weighted by Crippen LogP contribution is 2.25. The van der Waals surface area contributed by atoms with Gasteiger partial charge in [-0.2, -0.15) is 0 Å². The molecular formula is C27H30FN5O2. The number of rotatable bonds is 5. The summed E-state index contributed by atoms with van der Waals surface area (Å²) >= 11 is 0. The molecule has 182 valence electrons. The highest BCUT2D eigenvalue weighted by molar-refractivity contribution is 6.00. The average Bonchev–Trinajstić information content (AvgIpc) is 3.11. The Morgan fingerprint density at radius 2 is 1.69 bits per heavy atom. The summed E-state index contributed by atoms with van der Waals surface area (Å²) in [6.45, 7) is 4.72.